The maximum atomic E-state index is 4.22. The fourth-order valence-corrected chi connectivity index (χ4v) is 2.52. The molecule has 0 aliphatic heterocycles. The molecule has 0 aliphatic rings. The van der Waals surface area contributed by atoms with Gasteiger partial charge in [0.05, 0.1) is 11.7 Å². The Kier molecular flexibility index (Phi) is 3.64. The van der Waals surface area contributed by atoms with Gasteiger partial charge >= 0.3 is 0 Å². The Morgan fingerprint density at radius 3 is 2.71 bits per heavy atom. The molecule has 1 atom stereocenters. The first kappa shape index (κ1) is 12.3. The summed E-state index contributed by atoms with van der Waals surface area (Å²) >= 11 is 3.66. The number of benzene rings is 1. The second-order valence-electron chi connectivity index (χ2n) is 4.08. The zero-order valence-electron chi connectivity index (χ0n) is 10.2. The van der Waals surface area contributed by atoms with Crippen LogP contribution in [0.15, 0.2) is 34.9 Å². The van der Waals surface area contributed by atoms with Crippen molar-refractivity contribution in [2.45, 2.75) is 13.0 Å². The minimum Gasteiger partial charge on any atom is -0.308 e. The van der Waals surface area contributed by atoms with E-state index in [1.165, 1.54) is 11.1 Å². The first-order valence-corrected chi connectivity index (χ1v) is 6.34. The Morgan fingerprint density at radius 1 is 1.35 bits per heavy atom. The largest absolute Gasteiger partial charge is 0.308 e. The molecule has 1 aromatic carbocycles. The van der Waals surface area contributed by atoms with Crippen molar-refractivity contribution >= 4 is 15.9 Å². The van der Waals surface area contributed by atoms with Crippen LogP contribution in [0.1, 0.15) is 22.9 Å². The van der Waals surface area contributed by atoms with Crippen LogP contribution in [-0.4, -0.2) is 16.8 Å². The fourth-order valence-electron chi connectivity index (χ4n) is 2.02. The number of nitrogens with one attached hydrogen (secondary N) is 1. The molecule has 1 N–H and O–H groups in total. The van der Waals surface area contributed by atoms with Crippen molar-refractivity contribution in [1.29, 1.82) is 0 Å². The number of aromatic nitrogens is 2. The lowest BCUT2D eigenvalue weighted by molar-refractivity contribution is 0.604. The van der Waals surface area contributed by atoms with Crippen LogP contribution in [-0.2, 0) is 7.05 Å². The highest BCUT2D eigenvalue weighted by molar-refractivity contribution is 9.10. The summed E-state index contributed by atoms with van der Waals surface area (Å²) in [6.45, 7) is 2.10. The summed E-state index contributed by atoms with van der Waals surface area (Å²) in [5.41, 5.74) is 3.62. The summed E-state index contributed by atoms with van der Waals surface area (Å²) in [6.07, 6.45) is 1.82. The fraction of sp³-hybridized carbons (Fsp3) is 0.308. The van der Waals surface area contributed by atoms with Gasteiger partial charge in [0.1, 0.15) is 0 Å². The van der Waals surface area contributed by atoms with Crippen molar-refractivity contribution in [3.05, 3.63) is 51.8 Å². The van der Waals surface area contributed by atoms with Crippen molar-refractivity contribution in [2.75, 3.05) is 7.05 Å². The molecule has 3 nitrogen and oxygen atoms in total. The van der Waals surface area contributed by atoms with Crippen molar-refractivity contribution in [2.24, 2.45) is 7.05 Å². The molecule has 0 saturated heterocycles. The third-order valence-corrected chi connectivity index (χ3v) is 4.06. The SMILES string of the molecule is CNC(c1cccc(C)c1Br)c1ccnn1C. The highest BCUT2D eigenvalue weighted by Gasteiger charge is 2.18. The smallest absolute Gasteiger partial charge is 0.0756 e. The molecule has 0 fully saturated rings. The van der Waals surface area contributed by atoms with Crippen molar-refractivity contribution < 1.29 is 0 Å². The van der Waals surface area contributed by atoms with Crippen molar-refractivity contribution in [3.8, 4) is 0 Å². The summed E-state index contributed by atoms with van der Waals surface area (Å²) in [7, 11) is 3.93. The van der Waals surface area contributed by atoms with Gasteiger partial charge in [0.15, 0.2) is 0 Å². The maximum Gasteiger partial charge on any atom is 0.0756 e. The van der Waals surface area contributed by atoms with E-state index in [0.29, 0.717) is 0 Å². The van der Waals surface area contributed by atoms with Crippen LogP contribution in [0.2, 0.25) is 0 Å². The third kappa shape index (κ3) is 2.28. The van der Waals surface area contributed by atoms with E-state index in [0.717, 1.165) is 10.2 Å². The summed E-state index contributed by atoms with van der Waals surface area (Å²) in [5, 5.41) is 7.56. The summed E-state index contributed by atoms with van der Waals surface area (Å²) < 4.78 is 3.05. The van der Waals surface area contributed by atoms with Crippen LogP contribution in [0.4, 0.5) is 0 Å². The van der Waals surface area contributed by atoms with Crippen LogP contribution in [0.5, 0.6) is 0 Å². The molecule has 1 unspecified atom stereocenters. The van der Waals surface area contributed by atoms with E-state index in [-0.39, 0.29) is 6.04 Å². The topological polar surface area (TPSA) is 29.9 Å². The highest BCUT2D eigenvalue weighted by atomic mass is 79.9. The number of hydrogen-bond donors (Lipinski definition) is 1. The van der Waals surface area contributed by atoms with Crippen LogP contribution in [0.3, 0.4) is 0 Å². The highest BCUT2D eigenvalue weighted by Crippen LogP contribution is 2.30. The van der Waals surface area contributed by atoms with E-state index in [1.54, 1.807) is 0 Å². The Labute approximate surface area is 110 Å². The molecule has 2 aromatic rings. The Balaban J connectivity index is 2.50. The van der Waals surface area contributed by atoms with E-state index in [2.05, 4.69) is 51.5 Å². The lowest BCUT2D eigenvalue weighted by atomic mass is 10.0. The summed E-state index contributed by atoms with van der Waals surface area (Å²) in [6, 6.07) is 8.50. The van der Waals surface area contributed by atoms with E-state index < -0.39 is 0 Å². The molecular formula is C13H16BrN3. The van der Waals surface area contributed by atoms with Gasteiger partial charge in [-0.1, -0.05) is 34.1 Å². The predicted molar refractivity (Wildman–Crippen MR) is 73.0 cm³/mol. The van der Waals surface area contributed by atoms with Gasteiger partial charge < -0.3 is 5.32 Å². The lowest BCUT2D eigenvalue weighted by Gasteiger charge is -2.19. The molecule has 0 radical (unpaired) electrons. The Hall–Kier alpha value is -1.13. The lowest BCUT2D eigenvalue weighted by Crippen LogP contribution is -2.21. The second kappa shape index (κ2) is 5.02. The number of aryl methyl sites for hydroxylation is 2. The van der Waals surface area contributed by atoms with Crippen LogP contribution >= 0.6 is 15.9 Å². The quantitative estimate of drug-likeness (QED) is 0.943. The first-order chi connectivity index (χ1) is 8.15. The average molecular weight is 294 g/mol. The average Bonchev–Trinajstić information content (AvgIpc) is 2.72. The minimum atomic E-state index is 0.150. The number of halogens is 1. The normalized spacial score (nSPS) is 12.7. The first-order valence-electron chi connectivity index (χ1n) is 5.55. The van der Waals surface area contributed by atoms with Crippen LogP contribution in [0.25, 0.3) is 0 Å². The van der Waals surface area contributed by atoms with Gasteiger partial charge in [-0.2, -0.15) is 5.10 Å². The monoisotopic (exact) mass is 293 g/mol. The molecule has 17 heavy (non-hydrogen) atoms. The zero-order chi connectivity index (χ0) is 12.4. The standard InChI is InChI=1S/C13H16BrN3/c1-9-5-4-6-10(12(9)14)13(15-2)11-7-8-16-17(11)3/h4-8,13,15H,1-3H3. The molecule has 0 aliphatic carbocycles. The van der Waals surface area contributed by atoms with E-state index in [9.17, 15) is 0 Å². The van der Waals surface area contributed by atoms with Crippen LogP contribution in [0, 0.1) is 6.92 Å². The minimum absolute atomic E-state index is 0.150. The third-order valence-electron chi connectivity index (χ3n) is 2.98. The summed E-state index contributed by atoms with van der Waals surface area (Å²) in [4.78, 5) is 0. The van der Waals surface area contributed by atoms with Gasteiger partial charge in [0, 0.05) is 17.7 Å². The molecule has 4 heteroatoms. The van der Waals surface area contributed by atoms with E-state index >= 15 is 0 Å². The second-order valence-corrected chi connectivity index (χ2v) is 4.87. The Morgan fingerprint density at radius 2 is 2.12 bits per heavy atom. The predicted octanol–water partition coefficient (Wildman–Crippen LogP) is 2.80. The number of rotatable bonds is 3. The van der Waals surface area contributed by atoms with Gasteiger partial charge in [-0.3, -0.25) is 4.68 Å². The van der Waals surface area contributed by atoms with Gasteiger partial charge in [0.25, 0.3) is 0 Å². The molecular weight excluding hydrogens is 278 g/mol. The molecule has 0 spiro atoms. The number of nitrogens with zero attached hydrogens (tertiary/aromatic N) is 2. The molecule has 0 bridgehead atoms. The molecule has 0 saturated carbocycles. The van der Waals surface area contributed by atoms with Crippen molar-refractivity contribution in [1.82, 2.24) is 15.1 Å². The number of hydrogen-bond acceptors (Lipinski definition) is 2. The van der Waals surface area contributed by atoms with Gasteiger partial charge in [-0.05, 0) is 31.2 Å². The van der Waals surface area contributed by atoms with Crippen molar-refractivity contribution in [3.63, 3.8) is 0 Å². The maximum absolute atomic E-state index is 4.22. The van der Waals surface area contributed by atoms with Gasteiger partial charge in [-0.15, -0.1) is 0 Å². The Bertz CT molecular complexity index is 519. The van der Waals surface area contributed by atoms with Crippen LogP contribution < -0.4 is 5.32 Å². The van der Waals surface area contributed by atoms with Gasteiger partial charge in [-0.25, -0.2) is 0 Å². The van der Waals surface area contributed by atoms with E-state index in [1.807, 2.05) is 31.0 Å². The molecule has 1 aromatic heterocycles. The molecule has 90 valence electrons. The van der Waals surface area contributed by atoms with Gasteiger partial charge in [0.2, 0.25) is 0 Å². The summed E-state index contributed by atoms with van der Waals surface area (Å²) in [5.74, 6) is 0. The molecule has 0 amide bonds. The molecule has 2 rings (SSSR count). The zero-order valence-corrected chi connectivity index (χ0v) is 11.8. The van der Waals surface area contributed by atoms with E-state index in [4.69, 9.17) is 0 Å². The molecule has 1 heterocycles.